The zero-order valence-corrected chi connectivity index (χ0v) is 9.32. The maximum Gasteiger partial charge on any atom is 0.227 e. The SMILES string of the molecule is CC12CCCC(=O)C3=CC=CC(NC1=O)C32. The number of amides is 1. The molecule has 1 heterocycles. The topological polar surface area (TPSA) is 46.2 Å². The molecule has 3 aliphatic rings. The van der Waals surface area contributed by atoms with Crippen LogP contribution in [0.2, 0.25) is 0 Å². The fraction of sp³-hybridized carbons (Fsp3) is 0.538. The molecule has 3 heteroatoms. The maximum absolute atomic E-state index is 12.0. The largest absolute Gasteiger partial charge is 0.349 e. The quantitative estimate of drug-likeness (QED) is 0.666. The fourth-order valence-electron chi connectivity index (χ4n) is 3.31. The summed E-state index contributed by atoms with van der Waals surface area (Å²) < 4.78 is 0. The van der Waals surface area contributed by atoms with E-state index >= 15 is 0 Å². The van der Waals surface area contributed by atoms with Gasteiger partial charge in [-0.15, -0.1) is 0 Å². The average Bonchev–Trinajstić information content (AvgIpc) is 2.42. The van der Waals surface area contributed by atoms with Crippen molar-refractivity contribution in [2.75, 3.05) is 0 Å². The Morgan fingerprint density at radius 3 is 3.06 bits per heavy atom. The van der Waals surface area contributed by atoms with Crippen LogP contribution < -0.4 is 5.32 Å². The molecule has 0 aromatic carbocycles. The normalized spacial score (nSPS) is 41.2. The second kappa shape index (κ2) is 3.06. The molecule has 16 heavy (non-hydrogen) atoms. The van der Waals surface area contributed by atoms with Crippen LogP contribution in [-0.4, -0.2) is 17.7 Å². The molecular weight excluding hydrogens is 202 g/mol. The fourth-order valence-corrected chi connectivity index (χ4v) is 3.31. The Kier molecular flexibility index (Phi) is 1.88. The first kappa shape index (κ1) is 9.82. The van der Waals surface area contributed by atoms with Crippen molar-refractivity contribution in [3.63, 3.8) is 0 Å². The standard InChI is InChI=1S/C13H15NO2/c1-13-7-3-6-10(15)8-4-2-5-9(11(8)13)14-12(13)16/h2,4-5,9,11H,3,6-7H2,1H3,(H,14,16). The van der Waals surface area contributed by atoms with E-state index in [-0.39, 0.29) is 29.1 Å². The summed E-state index contributed by atoms with van der Waals surface area (Å²) in [7, 11) is 0. The number of hydrogen-bond acceptors (Lipinski definition) is 2. The molecule has 1 N–H and O–H groups in total. The maximum atomic E-state index is 12.0. The first-order valence-corrected chi connectivity index (χ1v) is 5.85. The van der Waals surface area contributed by atoms with Gasteiger partial charge in [0.15, 0.2) is 5.78 Å². The molecule has 1 saturated heterocycles. The summed E-state index contributed by atoms with van der Waals surface area (Å²) in [5.41, 5.74) is 0.471. The zero-order valence-electron chi connectivity index (χ0n) is 9.32. The van der Waals surface area contributed by atoms with Crippen molar-refractivity contribution < 1.29 is 9.59 Å². The van der Waals surface area contributed by atoms with E-state index in [1.807, 2.05) is 25.2 Å². The number of rotatable bonds is 0. The van der Waals surface area contributed by atoms with E-state index in [0.717, 1.165) is 18.4 Å². The van der Waals surface area contributed by atoms with Gasteiger partial charge in [0.05, 0.1) is 11.5 Å². The number of ketones is 1. The van der Waals surface area contributed by atoms with Crippen LogP contribution >= 0.6 is 0 Å². The molecule has 2 fully saturated rings. The van der Waals surface area contributed by atoms with Gasteiger partial charge in [0.1, 0.15) is 0 Å². The molecular formula is C13H15NO2. The number of Topliss-reactive ketones (excluding diaryl/α,β-unsaturated/α-hetero) is 1. The van der Waals surface area contributed by atoms with Crippen molar-refractivity contribution in [3.05, 3.63) is 23.8 Å². The summed E-state index contributed by atoms with van der Waals surface area (Å²) in [6.45, 7) is 2.00. The van der Waals surface area contributed by atoms with Crippen LogP contribution in [0.1, 0.15) is 26.2 Å². The number of carbonyl (C=O) groups excluding carboxylic acids is 2. The van der Waals surface area contributed by atoms with E-state index in [9.17, 15) is 9.59 Å². The lowest BCUT2D eigenvalue weighted by atomic mass is 9.70. The van der Waals surface area contributed by atoms with Crippen molar-refractivity contribution in [3.8, 4) is 0 Å². The van der Waals surface area contributed by atoms with Crippen molar-refractivity contribution in [1.82, 2.24) is 5.32 Å². The number of carbonyl (C=O) groups is 2. The summed E-state index contributed by atoms with van der Waals surface area (Å²) in [6, 6.07) is 0.0274. The van der Waals surface area contributed by atoms with E-state index in [4.69, 9.17) is 0 Å². The van der Waals surface area contributed by atoms with Crippen LogP contribution in [0.15, 0.2) is 23.8 Å². The van der Waals surface area contributed by atoms with E-state index < -0.39 is 0 Å². The van der Waals surface area contributed by atoms with Gasteiger partial charge in [-0.05, 0) is 12.8 Å². The molecule has 3 nitrogen and oxygen atoms in total. The molecule has 84 valence electrons. The summed E-state index contributed by atoms with van der Waals surface area (Å²) >= 11 is 0. The minimum Gasteiger partial charge on any atom is -0.349 e. The molecule has 0 spiro atoms. The highest BCUT2D eigenvalue weighted by Crippen LogP contribution is 2.48. The summed E-state index contributed by atoms with van der Waals surface area (Å²) in [5, 5.41) is 3.00. The van der Waals surface area contributed by atoms with Gasteiger partial charge < -0.3 is 5.32 Å². The monoisotopic (exact) mass is 217 g/mol. The lowest BCUT2D eigenvalue weighted by molar-refractivity contribution is -0.127. The van der Waals surface area contributed by atoms with Gasteiger partial charge in [0.2, 0.25) is 5.91 Å². The van der Waals surface area contributed by atoms with Gasteiger partial charge in [0, 0.05) is 17.9 Å². The van der Waals surface area contributed by atoms with Crippen LogP contribution in [0.25, 0.3) is 0 Å². The second-order valence-electron chi connectivity index (χ2n) is 5.18. The van der Waals surface area contributed by atoms with Crippen LogP contribution in [0, 0.1) is 11.3 Å². The van der Waals surface area contributed by atoms with Crippen LogP contribution in [0.5, 0.6) is 0 Å². The van der Waals surface area contributed by atoms with Gasteiger partial charge >= 0.3 is 0 Å². The molecule has 0 radical (unpaired) electrons. The average molecular weight is 217 g/mol. The Bertz CT molecular complexity index is 435. The first-order chi connectivity index (χ1) is 7.63. The van der Waals surface area contributed by atoms with E-state index in [2.05, 4.69) is 5.32 Å². The molecule has 1 saturated carbocycles. The van der Waals surface area contributed by atoms with E-state index in [1.54, 1.807) is 0 Å². The molecule has 3 rings (SSSR count). The Morgan fingerprint density at radius 2 is 2.25 bits per heavy atom. The molecule has 0 aromatic rings. The Balaban J connectivity index is 2.14. The highest BCUT2D eigenvalue weighted by Gasteiger charge is 2.54. The number of allylic oxidation sites excluding steroid dienone is 2. The van der Waals surface area contributed by atoms with E-state index in [0.29, 0.717) is 6.42 Å². The third-order valence-corrected chi connectivity index (χ3v) is 4.21. The van der Waals surface area contributed by atoms with Gasteiger partial charge in [-0.3, -0.25) is 9.59 Å². The third kappa shape index (κ3) is 1.09. The third-order valence-electron chi connectivity index (χ3n) is 4.21. The molecule has 0 aromatic heterocycles. The molecule has 3 unspecified atom stereocenters. The summed E-state index contributed by atoms with van der Waals surface area (Å²) in [5.74, 6) is 0.384. The van der Waals surface area contributed by atoms with Gasteiger partial charge in [0.25, 0.3) is 0 Å². The van der Waals surface area contributed by atoms with Gasteiger partial charge in [-0.1, -0.05) is 25.2 Å². The summed E-state index contributed by atoms with van der Waals surface area (Å²) in [4.78, 5) is 24.0. The van der Waals surface area contributed by atoms with E-state index in [1.165, 1.54) is 0 Å². The van der Waals surface area contributed by atoms with Crippen LogP contribution in [-0.2, 0) is 9.59 Å². The predicted molar refractivity (Wildman–Crippen MR) is 59.6 cm³/mol. The summed E-state index contributed by atoms with van der Waals surface area (Å²) in [6.07, 6.45) is 8.01. The lowest BCUT2D eigenvalue weighted by Crippen LogP contribution is -2.33. The molecule has 0 bridgehead atoms. The molecule has 2 aliphatic carbocycles. The van der Waals surface area contributed by atoms with Crippen LogP contribution in [0.4, 0.5) is 0 Å². The van der Waals surface area contributed by atoms with Crippen molar-refractivity contribution >= 4 is 11.7 Å². The molecule has 3 atom stereocenters. The van der Waals surface area contributed by atoms with Crippen molar-refractivity contribution in [2.24, 2.45) is 11.3 Å². The highest BCUT2D eigenvalue weighted by atomic mass is 16.2. The first-order valence-electron chi connectivity index (χ1n) is 5.85. The highest BCUT2D eigenvalue weighted by molar-refractivity contribution is 6.00. The smallest absolute Gasteiger partial charge is 0.227 e. The van der Waals surface area contributed by atoms with Gasteiger partial charge in [-0.2, -0.15) is 0 Å². The van der Waals surface area contributed by atoms with Crippen LogP contribution in [0.3, 0.4) is 0 Å². The van der Waals surface area contributed by atoms with Crippen molar-refractivity contribution in [2.45, 2.75) is 32.2 Å². The number of hydrogen-bond donors (Lipinski definition) is 1. The Hall–Kier alpha value is -1.38. The molecule has 1 aliphatic heterocycles. The second-order valence-corrected chi connectivity index (χ2v) is 5.18. The Labute approximate surface area is 94.6 Å². The number of nitrogens with one attached hydrogen (secondary N) is 1. The van der Waals surface area contributed by atoms with Crippen molar-refractivity contribution in [1.29, 1.82) is 0 Å². The Morgan fingerprint density at radius 1 is 1.44 bits per heavy atom. The minimum absolute atomic E-state index is 0.0274. The zero-order chi connectivity index (χ0) is 11.3. The predicted octanol–water partition coefficient (Wildman–Crippen LogP) is 1.36. The lowest BCUT2D eigenvalue weighted by Gasteiger charge is -2.30. The van der Waals surface area contributed by atoms with Gasteiger partial charge in [-0.25, -0.2) is 0 Å². The minimum atomic E-state index is -0.382. The molecule has 1 amide bonds.